The Morgan fingerprint density at radius 2 is 1.50 bits per heavy atom. The van der Waals surface area contributed by atoms with Crippen molar-refractivity contribution in [3.63, 3.8) is 0 Å². The number of aromatic nitrogens is 2. The van der Waals surface area contributed by atoms with Crippen LogP contribution in [0.25, 0.3) is 16.8 Å². The van der Waals surface area contributed by atoms with Gasteiger partial charge in [-0.05, 0) is 24.3 Å². The van der Waals surface area contributed by atoms with Gasteiger partial charge in [0.1, 0.15) is 5.52 Å². The molecule has 3 aromatic rings. The summed E-state index contributed by atoms with van der Waals surface area (Å²) in [6.07, 6.45) is 5.36. The van der Waals surface area contributed by atoms with Crippen LogP contribution in [0.5, 0.6) is 0 Å². The maximum atomic E-state index is 11.9. The van der Waals surface area contributed by atoms with Crippen LogP contribution >= 0.6 is 0 Å². The molecule has 0 spiro atoms. The average molecular weight is 323 g/mol. The SMILES string of the molecule is O=[n+]1cc2ccccn2cc1-c1ccccc1.[O-][Cl+3]([O-])([O-])[O-]. The highest BCUT2D eigenvalue weighted by Gasteiger charge is 2.12. The topological polar surface area (TPSA) is 120 Å². The van der Waals surface area contributed by atoms with Gasteiger partial charge in [0.25, 0.3) is 11.9 Å². The van der Waals surface area contributed by atoms with Gasteiger partial charge in [0.2, 0.25) is 0 Å². The predicted octanol–water partition coefficient (Wildman–Crippen LogP) is -2.24. The van der Waals surface area contributed by atoms with E-state index in [1.165, 1.54) is 0 Å². The molecule has 7 nitrogen and oxygen atoms in total. The van der Waals surface area contributed by atoms with Crippen molar-refractivity contribution in [3.05, 3.63) is 72.0 Å². The molecule has 8 heteroatoms. The zero-order chi connectivity index (χ0) is 16.2. The highest BCUT2D eigenvalue weighted by molar-refractivity contribution is 5.56. The van der Waals surface area contributed by atoms with Crippen molar-refractivity contribution < 1.29 is 33.3 Å². The molecule has 0 unspecified atom stereocenters. The van der Waals surface area contributed by atoms with Gasteiger partial charge in [-0.3, -0.25) is 0 Å². The van der Waals surface area contributed by atoms with E-state index in [1.807, 2.05) is 65.3 Å². The van der Waals surface area contributed by atoms with Gasteiger partial charge in [-0.1, -0.05) is 24.3 Å². The lowest BCUT2D eigenvalue weighted by molar-refractivity contribution is -2.00. The van der Waals surface area contributed by atoms with Gasteiger partial charge in [0, 0.05) is 11.1 Å². The van der Waals surface area contributed by atoms with Gasteiger partial charge in [-0.2, -0.15) is 0 Å². The fourth-order valence-electron chi connectivity index (χ4n) is 1.88. The van der Waals surface area contributed by atoms with Crippen molar-refractivity contribution >= 4 is 5.52 Å². The van der Waals surface area contributed by atoms with Crippen molar-refractivity contribution in [3.8, 4) is 11.3 Å². The summed E-state index contributed by atoms with van der Waals surface area (Å²) in [4.78, 5) is 11.9. The van der Waals surface area contributed by atoms with Crippen LogP contribution in [0.3, 0.4) is 0 Å². The first-order valence-corrected chi connectivity index (χ1v) is 7.28. The zero-order valence-corrected chi connectivity index (χ0v) is 11.9. The molecule has 0 N–H and O–H groups in total. The van der Waals surface area contributed by atoms with E-state index in [-0.39, 0.29) is 0 Å². The van der Waals surface area contributed by atoms with E-state index in [0.29, 0.717) is 5.69 Å². The number of benzene rings is 1. The summed E-state index contributed by atoms with van der Waals surface area (Å²) < 4.78 is 36.8. The number of rotatable bonds is 1. The van der Waals surface area contributed by atoms with Crippen LogP contribution in [-0.2, 0) is 0 Å². The monoisotopic (exact) mass is 322 g/mol. The van der Waals surface area contributed by atoms with Crippen LogP contribution in [0.15, 0.2) is 67.1 Å². The van der Waals surface area contributed by atoms with Crippen LogP contribution in [-0.4, -0.2) is 4.40 Å². The number of fused-ring (bicyclic) bond motifs is 1. The van der Waals surface area contributed by atoms with E-state index in [1.54, 1.807) is 6.20 Å². The van der Waals surface area contributed by atoms with Crippen LogP contribution in [0.1, 0.15) is 0 Å². The van der Waals surface area contributed by atoms with Gasteiger partial charge in [0.05, 0.1) is 16.2 Å². The molecule has 0 aliphatic rings. The summed E-state index contributed by atoms with van der Waals surface area (Å²) in [5, 5.41) is 0. The van der Waals surface area contributed by atoms with Gasteiger partial charge in [-0.25, -0.2) is 18.6 Å². The van der Waals surface area contributed by atoms with Gasteiger partial charge < -0.3 is 4.40 Å². The fourth-order valence-corrected chi connectivity index (χ4v) is 1.88. The molecule has 0 atom stereocenters. The molecular weight excluding hydrogens is 312 g/mol. The fraction of sp³-hybridized carbons (Fsp3) is 0. The second kappa shape index (κ2) is 6.65. The third kappa shape index (κ3) is 4.62. The molecular formula is C14H11ClN2O5. The molecule has 0 saturated carbocycles. The first-order chi connectivity index (χ1) is 10.3. The summed E-state index contributed by atoms with van der Waals surface area (Å²) in [5.74, 6) is 0. The molecule has 0 amide bonds. The Balaban J connectivity index is 0.000000309. The summed E-state index contributed by atoms with van der Waals surface area (Å²) in [6, 6.07) is 15.4. The molecule has 2 heterocycles. The van der Waals surface area contributed by atoms with Gasteiger partial charge in [-0.15, -0.1) is 10.2 Å². The number of pyridine rings is 1. The lowest BCUT2D eigenvalue weighted by Crippen LogP contribution is -2.68. The van der Waals surface area contributed by atoms with Crippen molar-refractivity contribution in [2.24, 2.45) is 0 Å². The molecule has 0 saturated heterocycles. The van der Waals surface area contributed by atoms with Crippen LogP contribution in [0.4, 0.5) is 0 Å². The van der Waals surface area contributed by atoms with Crippen LogP contribution < -0.4 is 23.1 Å². The second-order valence-electron chi connectivity index (χ2n) is 4.25. The smallest absolute Gasteiger partial charge is 0.286 e. The third-order valence-electron chi connectivity index (χ3n) is 2.74. The highest BCUT2D eigenvalue weighted by Crippen LogP contribution is 2.14. The molecule has 1 aromatic carbocycles. The van der Waals surface area contributed by atoms with Gasteiger partial charge in [0.15, 0.2) is 0 Å². The Labute approximate surface area is 127 Å². The molecule has 114 valence electrons. The van der Waals surface area contributed by atoms with Crippen molar-refractivity contribution in [1.29, 1.82) is 0 Å². The highest BCUT2D eigenvalue weighted by atomic mass is 35.7. The summed E-state index contributed by atoms with van der Waals surface area (Å²) in [5.41, 5.74) is 2.44. The third-order valence-corrected chi connectivity index (χ3v) is 2.74. The summed E-state index contributed by atoms with van der Waals surface area (Å²) in [7, 11) is -4.94. The predicted molar refractivity (Wildman–Crippen MR) is 66.2 cm³/mol. The molecule has 0 fully saturated rings. The lowest BCUT2D eigenvalue weighted by atomic mass is 10.1. The Morgan fingerprint density at radius 1 is 0.909 bits per heavy atom. The van der Waals surface area contributed by atoms with Crippen molar-refractivity contribution in [1.82, 2.24) is 4.40 Å². The second-order valence-corrected chi connectivity index (χ2v) is 5.00. The van der Waals surface area contributed by atoms with E-state index in [2.05, 4.69) is 0 Å². The van der Waals surface area contributed by atoms with Crippen molar-refractivity contribution in [2.75, 3.05) is 0 Å². The molecule has 0 radical (unpaired) electrons. The average Bonchev–Trinajstić information content (AvgIpc) is 2.46. The van der Waals surface area contributed by atoms with E-state index < -0.39 is 10.2 Å². The molecule has 0 aliphatic carbocycles. The number of nitrogens with zero attached hydrogens (tertiary/aromatic N) is 2. The van der Waals surface area contributed by atoms with Crippen LogP contribution in [0.2, 0.25) is 0 Å². The first-order valence-electron chi connectivity index (χ1n) is 6.05. The molecule has 3 rings (SSSR count). The van der Waals surface area contributed by atoms with E-state index in [4.69, 9.17) is 18.6 Å². The Kier molecular flexibility index (Phi) is 4.86. The summed E-state index contributed by atoms with van der Waals surface area (Å²) >= 11 is 0. The van der Waals surface area contributed by atoms with Crippen molar-refractivity contribution in [2.45, 2.75) is 0 Å². The largest absolute Gasteiger partial charge is 0.312 e. The normalized spacial score (nSPS) is 10.9. The standard InChI is InChI=1S/C14H11N2O.ClHO4/c17-16-10-13-8-4-5-9-15(13)11-14(16)12-6-2-1-3-7-12;2-1(3,4)5/h1-11H;(H,2,3,4,5)/q+1;/p-1. The molecule has 0 aliphatic heterocycles. The van der Waals surface area contributed by atoms with Crippen LogP contribution in [0, 0.1) is 15.2 Å². The molecule has 2 aromatic heterocycles. The van der Waals surface area contributed by atoms with E-state index in [0.717, 1.165) is 15.5 Å². The lowest BCUT2D eigenvalue weighted by Gasteiger charge is -2.17. The number of halogens is 1. The zero-order valence-electron chi connectivity index (χ0n) is 11.2. The summed E-state index contributed by atoms with van der Waals surface area (Å²) in [6.45, 7) is 0. The number of hydrogen-bond donors (Lipinski definition) is 0. The van der Waals surface area contributed by atoms with Gasteiger partial charge >= 0.3 is 0 Å². The maximum Gasteiger partial charge on any atom is 0.286 e. The first kappa shape index (κ1) is 16.1. The quantitative estimate of drug-likeness (QED) is 0.469. The Morgan fingerprint density at radius 3 is 2.14 bits per heavy atom. The van der Waals surface area contributed by atoms with E-state index in [9.17, 15) is 4.91 Å². The van der Waals surface area contributed by atoms with E-state index >= 15 is 0 Å². The molecule has 0 bridgehead atoms. The number of hydrogen-bond acceptors (Lipinski definition) is 5. The Hall–Kier alpha value is -2.29. The maximum absolute atomic E-state index is 11.9. The molecule has 22 heavy (non-hydrogen) atoms. The minimum absolute atomic E-state index is 0.648. The Bertz CT molecular complexity index is 809. The minimum Gasteiger partial charge on any atom is -0.312 e. The minimum atomic E-state index is -4.94.